The second-order valence-corrected chi connectivity index (χ2v) is 12.8. The fraction of sp³-hybridized carbons (Fsp3) is 0.333. The Labute approximate surface area is 257 Å². The Morgan fingerprint density at radius 2 is 1.54 bits per heavy atom. The van der Waals surface area contributed by atoms with Crippen LogP contribution in [-0.4, -0.2) is 44.3 Å². The van der Waals surface area contributed by atoms with E-state index in [4.69, 9.17) is 34.8 Å². The third-order valence-corrected chi connectivity index (χ3v) is 9.13. The molecule has 0 radical (unpaired) electrons. The second-order valence-electron chi connectivity index (χ2n) is 9.64. The predicted molar refractivity (Wildman–Crippen MR) is 166 cm³/mol. The van der Waals surface area contributed by atoms with E-state index in [2.05, 4.69) is 5.32 Å². The van der Waals surface area contributed by atoms with Crippen LogP contribution in [0, 0.1) is 6.92 Å². The van der Waals surface area contributed by atoms with Crippen LogP contribution in [0.25, 0.3) is 0 Å². The smallest absolute Gasteiger partial charge is 0.264 e. The lowest BCUT2D eigenvalue weighted by molar-refractivity contribution is -0.140. The number of halogens is 3. The lowest BCUT2D eigenvalue weighted by atomic mass is 10.1. The SMILES string of the molecule is CCCCNC(=O)[C@@H](CC)N(Cc1ccc(Cl)cc1)C(=O)CN(c1cc(Cl)ccc1Cl)S(=O)(=O)c1ccc(C)cc1. The van der Waals surface area contributed by atoms with Crippen LogP contribution in [0.2, 0.25) is 15.1 Å². The first-order chi connectivity index (χ1) is 19.5. The summed E-state index contributed by atoms with van der Waals surface area (Å²) in [5, 5.41) is 3.79. The molecular weight excluding hydrogens is 605 g/mol. The highest BCUT2D eigenvalue weighted by Gasteiger charge is 2.34. The van der Waals surface area contributed by atoms with E-state index in [1.54, 1.807) is 43.3 Å². The lowest BCUT2D eigenvalue weighted by Gasteiger charge is -2.33. The van der Waals surface area contributed by atoms with Crippen molar-refractivity contribution >= 4 is 62.3 Å². The fourth-order valence-corrected chi connectivity index (χ4v) is 6.23. The third kappa shape index (κ3) is 8.61. The monoisotopic (exact) mass is 637 g/mol. The molecule has 0 saturated carbocycles. The maximum Gasteiger partial charge on any atom is 0.264 e. The number of hydrogen-bond donors (Lipinski definition) is 1. The maximum absolute atomic E-state index is 14.1. The van der Waals surface area contributed by atoms with E-state index in [0.717, 1.165) is 28.3 Å². The number of carbonyl (C=O) groups excluding carboxylic acids is 2. The van der Waals surface area contributed by atoms with E-state index in [9.17, 15) is 18.0 Å². The van der Waals surface area contributed by atoms with E-state index in [0.29, 0.717) is 18.0 Å². The molecule has 7 nitrogen and oxygen atoms in total. The largest absolute Gasteiger partial charge is 0.354 e. The van der Waals surface area contributed by atoms with Gasteiger partial charge >= 0.3 is 0 Å². The molecule has 2 amide bonds. The first kappa shape index (κ1) is 32.7. The van der Waals surface area contributed by atoms with E-state index >= 15 is 0 Å². The average molecular weight is 639 g/mol. The highest BCUT2D eigenvalue weighted by atomic mass is 35.5. The van der Waals surface area contributed by atoms with Gasteiger partial charge in [-0.05, 0) is 67.8 Å². The van der Waals surface area contributed by atoms with Crippen molar-refractivity contribution in [2.75, 3.05) is 17.4 Å². The quantitative estimate of drug-likeness (QED) is 0.207. The Morgan fingerprint density at radius 3 is 2.15 bits per heavy atom. The number of rotatable bonds is 13. The zero-order valence-electron chi connectivity index (χ0n) is 23.2. The Balaban J connectivity index is 2.07. The normalized spacial score (nSPS) is 12.0. The highest BCUT2D eigenvalue weighted by Crippen LogP contribution is 2.33. The summed E-state index contributed by atoms with van der Waals surface area (Å²) in [4.78, 5) is 28.7. The summed E-state index contributed by atoms with van der Waals surface area (Å²) in [6.07, 6.45) is 2.01. The lowest BCUT2D eigenvalue weighted by Crippen LogP contribution is -2.52. The molecule has 0 aromatic heterocycles. The Morgan fingerprint density at radius 1 is 0.902 bits per heavy atom. The number of unbranched alkanes of at least 4 members (excludes halogenated alkanes) is 1. The Hall–Kier alpha value is -2.78. The second kappa shape index (κ2) is 14.9. The summed E-state index contributed by atoms with van der Waals surface area (Å²) in [7, 11) is -4.26. The minimum absolute atomic E-state index is 0.0134. The van der Waals surface area contributed by atoms with Crippen molar-refractivity contribution in [2.45, 2.75) is 57.5 Å². The van der Waals surface area contributed by atoms with Crippen molar-refractivity contribution in [3.63, 3.8) is 0 Å². The van der Waals surface area contributed by atoms with Crippen molar-refractivity contribution < 1.29 is 18.0 Å². The number of nitrogens with zero attached hydrogens (tertiary/aromatic N) is 2. The van der Waals surface area contributed by atoms with Crippen LogP contribution in [0.15, 0.2) is 71.6 Å². The summed E-state index contributed by atoms with van der Waals surface area (Å²) in [6.45, 7) is 5.60. The number of carbonyl (C=O) groups is 2. The van der Waals surface area contributed by atoms with E-state index in [1.807, 2.05) is 13.8 Å². The average Bonchev–Trinajstić information content (AvgIpc) is 2.94. The topological polar surface area (TPSA) is 86.8 Å². The Bertz CT molecular complexity index is 1450. The van der Waals surface area contributed by atoms with Gasteiger partial charge in [0.2, 0.25) is 11.8 Å². The Kier molecular flexibility index (Phi) is 11.9. The van der Waals surface area contributed by atoms with Crippen LogP contribution in [0.5, 0.6) is 0 Å². The van der Waals surface area contributed by atoms with Crippen LogP contribution in [0.4, 0.5) is 5.69 Å². The summed E-state index contributed by atoms with van der Waals surface area (Å²) in [6, 6.07) is 16.8. The van der Waals surface area contributed by atoms with Gasteiger partial charge in [-0.25, -0.2) is 8.42 Å². The van der Waals surface area contributed by atoms with E-state index < -0.39 is 28.5 Å². The van der Waals surface area contributed by atoms with Gasteiger partial charge in [0, 0.05) is 23.1 Å². The minimum Gasteiger partial charge on any atom is -0.354 e. The van der Waals surface area contributed by atoms with Crippen molar-refractivity contribution in [2.24, 2.45) is 0 Å². The number of hydrogen-bond acceptors (Lipinski definition) is 4. The molecule has 1 atom stereocenters. The zero-order valence-corrected chi connectivity index (χ0v) is 26.3. The van der Waals surface area contributed by atoms with Gasteiger partial charge in [0.15, 0.2) is 0 Å². The van der Waals surface area contributed by atoms with Crippen molar-refractivity contribution in [3.05, 3.63) is 92.9 Å². The van der Waals surface area contributed by atoms with Crippen LogP contribution in [-0.2, 0) is 26.2 Å². The summed E-state index contributed by atoms with van der Waals surface area (Å²) in [5.41, 5.74) is 1.66. The van der Waals surface area contributed by atoms with Gasteiger partial charge in [-0.2, -0.15) is 0 Å². The summed E-state index contributed by atoms with van der Waals surface area (Å²) >= 11 is 18.8. The summed E-state index contributed by atoms with van der Waals surface area (Å²) < 4.78 is 28.9. The first-order valence-corrected chi connectivity index (χ1v) is 15.9. The van der Waals surface area contributed by atoms with Crippen molar-refractivity contribution in [1.82, 2.24) is 10.2 Å². The maximum atomic E-state index is 14.1. The molecule has 0 aliphatic carbocycles. The molecule has 11 heteroatoms. The molecule has 0 bridgehead atoms. The van der Waals surface area contributed by atoms with Gasteiger partial charge < -0.3 is 10.2 Å². The van der Waals surface area contributed by atoms with Gasteiger partial charge in [-0.1, -0.05) is 84.9 Å². The molecule has 3 rings (SSSR count). The van der Waals surface area contributed by atoms with Crippen LogP contribution >= 0.6 is 34.8 Å². The molecule has 0 unspecified atom stereocenters. The molecule has 0 spiro atoms. The predicted octanol–water partition coefficient (Wildman–Crippen LogP) is 6.87. The molecule has 0 aliphatic rings. The molecular formula is C30H34Cl3N3O4S. The summed E-state index contributed by atoms with van der Waals surface area (Å²) in [5.74, 6) is -0.888. The number of nitrogens with one attached hydrogen (secondary N) is 1. The van der Waals surface area contributed by atoms with Crippen LogP contribution in [0.1, 0.15) is 44.2 Å². The molecule has 0 heterocycles. The molecule has 3 aromatic rings. The van der Waals surface area contributed by atoms with Gasteiger partial charge in [-0.3, -0.25) is 13.9 Å². The third-order valence-electron chi connectivity index (χ3n) is 6.55. The molecule has 220 valence electrons. The van der Waals surface area contributed by atoms with Crippen LogP contribution < -0.4 is 9.62 Å². The van der Waals surface area contributed by atoms with Gasteiger partial charge in [0.1, 0.15) is 12.6 Å². The van der Waals surface area contributed by atoms with E-state index in [1.165, 1.54) is 35.2 Å². The van der Waals surface area contributed by atoms with Gasteiger partial charge in [0.05, 0.1) is 15.6 Å². The molecule has 3 aromatic carbocycles. The van der Waals surface area contributed by atoms with Gasteiger partial charge in [-0.15, -0.1) is 0 Å². The number of amides is 2. The number of aryl methyl sites for hydroxylation is 1. The van der Waals surface area contributed by atoms with Crippen molar-refractivity contribution in [1.29, 1.82) is 0 Å². The van der Waals surface area contributed by atoms with Crippen molar-refractivity contribution in [3.8, 4) is 0 Å². The number of benzene rings is 3. The minimum atomic E-state index is -4.26. The van der Waals surface area contributed by atoms with Gasteiger partial charge in [0.25, 0.3) is 10.0 Å². The molecule has 1 N–H and O–H groups in total. The van der Waals surface area contributed by atoms with Crippen LogP contribution in [0.3, 0.4) is 0 Å². The number of sulfonamides is 1. The molecule has 0 saturated heterocycles. The molecule has 0 aliphatic heterocycles. The first-order valence-electron chi connectivity index (χ1n) is 13.3. The molecule has 41 heavy (non-hydrogen) atoms. The fourth-order valence-electron chi connectivity index (χ4n) is 4.24. The molecule has 0 fully saturated rings. The highest BCUT2D eigenvalue weighted by molar-refractivity contribution is 7.92. The zero-order chi connectivity index (χ0) is 30.2. The number of anilines is 1. The standard InChI is InChI=1S/C30H34Cl3N3O4S/c1-4-6-17-34-30(38)27(5-2)35(19-22-9-11-23(31)12-10-22)29(37)20-36(28-18-24(32)13-16-26(28)33)41(39,40)25-14-7-21(3)8-15-25/h7-16,18,27H,4-6,17,19-20H2,1-3H3,(H,34,38)/t27-/m1/s1. The van der Waals surface area contributed by atoms with E-state index in [-0.39, 0.29) is 33.1 Å².